The second-order valence-electron chi connectivity index (χ2n) is 6.18. The summed E-state index contributed by atoms with van der Waals surface area (Å²) in [6.07, 6.45) is 3.61. The number of aryl methyl sites for hydroxylation is 1. The summed E-state index contributed by atoms with van der Waals surface area (Å²) in [5.74, 6) is -0.809. The van der Waals surface area contributed by atoms with Crippen LogP contribution in [0.5, 0.6) is 0 Å². The number of hydrogen-bond acceptors (Lipinski definition) is 4. The Labute approximate surface area is 144 Å². The third-order valence-electron chi connectivity index (χ3n) is 4.48. The highest BCUT2D eigenvalue weighted by Crippen LogP contribution is 2.38. The molecule has 0 spiro atoms. The number of anilines is 2. The molecule has 0 unspecified atom stereocenters. The number of rotatable bonds is 3. The number of carbonyl (C=O) groups is 3. The first-order valence-corrected chi connectivity index (χ1v) is 8.19. The Hall–Kier alpha value is -3.09. The lowest BCUT2D eigenvalue weighted by molar-refractivity contribution is -0.136. The maximum atomic E-state index is 12.1. The van der Waals surface area contributed by atoms with E-state index in [4.69, 9.17) is 4.42 Å². The van der Waals surface area contributed by atoms with Crippen molar-refractivity contribution >= 4 is 29.1 Å². The Bertz CT molecular complexity index is 857. The molecular formula is C18H17N3O4. The van der Waals surface area contributed by atoms with E-state index in [1.165, 1.54) is 6.26 Å². The molecule has 25 heavy (non-hydrogen) atoms. The standard InChI is InChI=1S/C18H17N3O4/c22-15-9-12-8-13(7-11-3-1-5-21(15)16(11)12)20-18(24)17(23)19-10-14-4-2-6-25-14/h2,4,6-8H,1,3,5,9-10H2,(H,19,23)(H,20,24). The molecule has 7 nitrogen and oxygen atoms in total. The van der Waals surface area contributed by atoms with Crippen LogP contribution >= 0.6 is 0 Å². The summed E-state index contributed by atoms with van der Waals surface area (Å²) >= 11 is 0. The van der Waals surface area contributed by atoms with E-state index < -0.39 is 11.8 Å². The first-order valence-electron chi connectivity index (χ1n) is 8.19. The van der Waals surface area contributed by atoms with Crippen LogP contribution in [-0.4, -0.2) is 24.3 Å². The Balaban J connectivity index is 1.46. The van der Waals surface area contributed by atoms with Crippen LogP contribution in [0.15, 0.2) is 34.9 Å². The van der Waals surface area contributed by atoms with Gasteiger partial charge in [-0.05, 0) is 48.2 Å². The van der Waals surface area contributed by atoms with Crippen molar-refractivity contribution in [2.45, 2.75) is 25.8 Å². The third-order valence-corrected chi connectivity index (χ3v) is 4.48. The van der Waals surface area contributed by atoms with Gasteiger partial charge in [0.15, 0.2) is 0 Å². The predicted octanol–water partition coefficient (Wildman–Crippen LogP) is 1.37. The smallest absolute Gasteiger partial charge is 0.313 e. The lowest BCUT2D eigenvalue weighted by atomic mass is 9.99. The molecule has 7 heteroatoms. The van der Waals surface area contributed by atoms with Crippen LogP contribution < -0.4 is 15.5 Å². The number of furan rings is 1. The predicted molar refractivity (Wildman–Crippen MR) is 90.0 cm³/mol. The molecule has 0 bridgehead atoms. The number of carbonyl (C=O) groups excluding carboxylic acids is 3. The van der Waals surface area contributed by atoms with Crippen LogP contribution in [0.25, 0.3) is 0 Å². The topological polar surface area (TPSA) is 91.6 Å². The first kappa shape index (κ1) is 15.4. The second-order valence-corrected chi connectivity index (χ2v) is 6.18. The van der Waals surface area contributed by atoms with Crippen molar-refractivity contribution in [3.05, 3.63) is 47.4 Å². The summed E-state index contributed by atoms with van der Waals surface area (Å²) in [7, 11) is 0. The van der Waals surface area contributed by atoms with Gasteiger partial charge in [-0.25, -0.2) is 0 Å². The van der Waals surface area contributed by atoms with Gasteiger partial charge in [0.1, 0.15) is 5.76 Å². The van der Waals surface area contributed by atoms with Gasteiger partial charge in [0.2, 0.25) is 5.91 Å². The summed E-state index contributed by atoms with van der Waals surface area (Å²) in [6.45, 7) is 0.901. The van der Waals surface area contributed by atoms with E-state index in [0.29, 0.717) is 17.9 Å². The third kappa shape index (κ3) is 2.88. The monoisotopic (exact) mass is 339 g/mol. The number of amides is 3. The van der Waals surface area contributed by atoms with E-state index in [9.17, 15) is 14.4 Å². The summed E-state index contributed by atoms with van der Waals surface area (Å²) < 4.78 is 5.11. The van der Waals surface area contributed by atoms with Gasteiger partial charge in [0.25, 0.3) is 0 Å². The van der Waals surface area contributed by atoms with Gasteiger partial charge in [-0.1, -0.05) is 0 Å². The molecule has 128 valence electrons. The normalized spacial score (nSPS) is 15.0. The molecule has 3 amide bonds. The summed E-state index contributed by atoms with van der Waals surface area (Å²) in [5.41, 5.74) is 3.48. The minimum atomic E-state index is -0.740. The Morgan fingerprint density at radius 3 is 2.84 bits per heavy atom. The van der Waals surface area contributed by atoms with Crippen LogP contribution in [0.2, 0.25) is 0 Å². The zero-order chi connectivity index (χ0) is 17.4. The molecule has 0 atom stereocenters. The molecule has 1 aromatic carbocycles. The van der Waals surface area contributed by atoms with Crippen molar-refractivity contribution in [1.82, 2.24) is 5.32 Å². The van der Waals surface area contributed by atoms with Gasteiger partial charge in [0.05, 0.1) is 24.9 Å². The van der Waals surface area contributed by atoms with E-state index >= 15 is 0 Å². The van der Waals surface area contributed by atoms with Crippen LogP contribution in [0.1, 0.15) is 23.3 Å². The average molecular weight is 339 g/mol. The highest BCUT2D eigenvalue weighted by atomic mass is 16.3. The second kappa shape index (κ2) is 6.08. The Morgan fingerprint density at radius 2 is 2.04 bits per heavy atom. The molecule has 0 fully saturated rings. The molecule has 0 radical (unpaired) electrons. The fourth-order valence-corrected chi connectivity index (χ4v) is 3.40. The maximum Gasteiger partial charge on any atom is 0.313 e. The first-order chi connectivity index (χ1) is 12.1. The SMILES string of the molecule is O=C(NCc1ccco1)C(=O)Nc1cc2c3c(c1)CC(=O)N3CCC2. The largest absolute Gasteiger partial charge is 0.467 e. The molecule has 4 rings (SSSR count). The summed E-state index contributed by atoms with van der Waals surface area (Å²) in [4.78, 5) is 37.9. The molecule has 2 aliphatic heterocycles. The molecule has 0 saturated heterocycles. The highest BCUT2D eigenvalue weighted by Gasteiger charge is 2.32. The maximum absolute atomic E-state index is 12.1. The van der Waals surface area contributed by atoms with Crippen molar-refractivity contribution in [3.63, 3.8) is 0 Å². The fourth-order valence-electron chi connectivity index (χ4n) is 3.40. The van der Waals surface area contributed by atoms with Crippen LogP contribution in [0, 0.1) is 0 Å². The van der Waals surface area contributed by atoms with Crippen molar-refractivity contribution < 1.29 is 18.8 Å². The quantitative estimate of drug-likeness (QED) is 0.826. The minimum Gasteiger partial charge on any atom is -0.467 e. The molecular weight excluding hydrogens is 322 g/mol. The van der Waals surface area contributed by atoms with Gasteiger partial charge >= 0.3 is 11.8 Å². The van der Waals surface area contributed by atoms with E-state index in [1.807, 2.05) is 11.0 Å². The molecule has 2 aromatic rings. The molecule has 0 aliphatic carbocycles. The van der Waals surface area contributed by atoms with Crippen LogP contribution in [0.3, 0.4) is 0 Å². The minimum absolute atomic E-state index is 0.0932. The summed E-state index contributed by atoms with van der Waals surface area (Å²) in [5, 5.41) is 5.12. The summed E-state index contributed by atoms with van der Waals surface area (Å²) in [6, 6.07) is 7.05. The van der Waals surface area contributed by atoms with Gasteiger partial charge < -0.3 is 20.0 Å². The number of nitrogens with one attached hydrogen (secondary N) is 2. The van der Waals surface area contributed by atoms with Crippen LogP contribution in [-0.2, 0) is 33.8 Å². The van der Waals surface area contributed by atoms with E-state index in [2.05, 4.69) is 10.6 Å². The number of benzene rings is 1. The fraction of sp³-hybridized carbons (Fsp3) is 0.278. The zero-order valence-corrected chi connectivity index (χ0v) is 13.5. The molecule has 2 aliphatic rings. The van der Waals surface area contributed by atoms with Crippen molar-refractivity contribution in [2.24, 2.45) is 0 Å². The van der Waals surface area contributed by atoms with Gasteiger partial charge in [-0.3, -0.25) is 14.4 Å². The van der Waals surface area contributed by atoms with E-state index in [1.54, 1.807) is 18.2 Å². The van der Waals surface area contributed by atoms with Gasteiger partial charge in [0, 0.05) is 12.2 Å². The Kier molecular flexibility index (Phi) is 3.76. The zero-order valence-electron chi connectivity index (χ0n) is 13.5. The number of hydrogen-bond donors (Lipinski definition) is 2. The molecule has 2 N–H and O–H groups in total. The van der Waals surface area contributed by atoms with E-state index in [-0.39, 0.29) is 12.5 Å². The lowest BCUT2D eigenvalue weighted by Crippen LogP contribution is -2.35. The lowest BCUT2D eigenvalue weighted by Gasteiger charge is -2.26. The van der Waals surface area contributed by atoms with Crippen molar-refractivity contribution in [3.8, 4) is 0 Å². The van der Waals surface area contributed by atoms with Crippen LogP contribution in [0.4, 0.5) is 11.4 Å². The van der Waals surface area contributed by atoms with E-state index in [0.717, 1.165) is 36.2 Å². The van der Waals surface area contributed by atoms with Gasteiger partial charge in [-0.15, -0.1) is 0 Å². The average Bonchev–Trinajstić information content (AvgIpc) is 3.22. The Morgan fingerprint density at radius 1 is 1.20 bits per heavy atom. The number of nitrogens with zero attached hydrogens (tertiary/aromatic N) is 1. The molecule has 1 aromatic heterocycles. The van der Waals surface area contributed by atoms with Crippen molar-refractivity contribution in [2.75, 3.05) is 16.8 Å². The molecule has 0 saturated carbocycles. The molecule has 3 heterocycles. The van der Waals surface area contributed by atoms with Gasteiger partial charge in [-0.2, -0.15) is 0 Å². The highest BCUT2D eigenvalue weighted by molar-refractivity contribution is 6.39. The van der Waals surface area contributed by atoms with Crippen molar-refractivity contribution in [1.29, 1.82) is 0 Å².